The summed E-state index contributed by atoms with van der Waals surface area (Å²) in [6, 6.07) is 15.4. The molecule has 2 aromatic rings. The van der Waals surface area contributed by atoms with Crippen LogP contribution in [-0.4, -0.2) is 17.5 Å². The zero-order valence-electron chi connectivity index (χ0n) is 13.8. The van der Waals surface area contributed by atoms with E-state index in [-0.39, 0.29) is 23.7 Å². The van der Waals surface area contributed by atoms with Gasteiger partial charge in [0.25, 0.3) is 0 Å². The molecular weight excluding hydrogens is 343 g/mol. The predicted octanol–water partition coefficient (Wildman–Crippen LogP) is 3.91. The van der Waals surface area contributed by atoms with E-state index in [0.717, 1.165) is 5.56 Å². The van der Waals surface area contributed by atoms with Crippen LogP contribution < -0.4 is 9.26 Å². The van der Waals surface area contributed by atoms with Gasteiger partial charge in [0.1, 0.15) is 0 Å². The molecule has 0 bridgehead atoms. The van der Waals surface area contributed by atoms with Crippen LogP contribution >= 0.6 is 7.82 Å². The lowest BCUT2D eigenvalue weighted by Crippen LogP contribution is -2.09. The molecule has 0 saturated carbocycles. The first-order valence-electron chi connectivity index (χ1n) is 7.55. The van der Waals surface area contributed by atoms with E-state index in [2.05, 4.69) is 6.58 Å². The number of para-hydroxylation sites is 2. The van der Waals surface area contributed by atoms with E-state index < -0.39 is 13.8 Å². The highest BCUT2D eigenvalue weighted by atomic mass is 31.2. The molecule has 0 amide bonds. The number of hydrogen-bond acceptors (Lipinski definition) is 5. The van der Waals surface area contributed by atoms with Crippen molar-refractivity contribution in [3.8, 4) is 11.5 Å². The molecule has 0 aromatic heterocycles. The Kier molecular flexibility index (Phi) is 6.53. The SMILES string of the molecule is C=C(C)C(=O)Oc1ccccc1OP(=O)(O)OCCc1ccccc1. The van der Waals surface area contributed by atoms with Crippen molar-refractivity contribution in [3.05, 3.63) is 72.3 Å². The second kappa shape index (κ2) is 8.62. The maximum atomic E-state index is 12.1. The molecule has 132 valence electrons. The Labute approximate surface area is 146 Å². The molecule has 2 rings (SSSR count). The van der Waals surface area contributed by atoms with Crippen LogP contribution in [0.25, 0.3) is 0 Å². The van der Waals surface area contributed by atoms with E-state index >= 15 is 0 Å². The van der Waals surface area contributed by atoms with Gasteiger partial charge < -0.3 is 9.26 Å². The molecule has 7 heteroatoms. The summed E-state index contributed by atoms with van der Waals surface area (Å²) < 4.78 is 27.2. The van der Waals surface area contributed by atoms with Crippen LogP contribution in [0.1, 0.15) is 12.5 Å². The van der Waals surface area contributed by atoms with Crippen LogP contribution in [0.2, 0.25) is 0 Å². The number of carbonyl (C=O) groups is 1. The topological polar surface area (TPSA) is 82.1 Å². The summed E-state index contributed by atoms with van der Waals surface area (Å²) in [4.78, 5) is 21.5. The zero-order chi connectivity index (χ0) is 18.3. The van der Waals surface area contributed by atoms with Gasteiger partial charge in [-0.05, 0) is 31.0 Å². The molecule has 1 atom stereocenters. The molecule has 0 radical (unpaired) electrons. The van der Waals surface area contributed by atoms with Gasteiger partial charge in [0, 0.05) is 5.57 Å². The quantitative estimate of drug-likeness (QED) is 0.332. The van der Waals surface area contributed by atoms with Gasteiger partial charge in [-0.1, -0.05) is 49.0 Å². The van der Waals surface area contributed by atoms with Crippen LogP contribution in [0.4, 0.5) is 0 Å². The maximum absolute atomic E-state index is 12.1. The maximum Gasteiger partial charge on any atom is 0.527 e. The Morgan fingerprint density at radius 1 is 1.08 bits per heavy atom. The number of hydrogen-bond donors (Lipinski definition) is 1. The van der Waals surface area contributed by atoms with Gasteiger partial charge in [-0.15, -0.1) is 0 Å². The van der Waals surface area contributed by atoms with Gasteiger partial charge >= 0.3 is 13.8 Å². The van der Waals surface area contributed by atoms with Gasteiger partial charge in [-0.3, -0.25) is 9.42 Å². The fraction of sp³-hybridized carbons (Fsp3) is 0.167. The van der Waals surface area contributed by atoms with Crippen LogP contribution in [0.15, 0.2) is 66.7 Å². The summed E-state index contributed by atoms with van der Waals surface area (Å²) >= 11 is 0. The highest BCUT2D eigenvalue weighted by Crippen LogP contribution is 2.46. The molecule has 0 saturated heterocycles. The molecule has 0 spiro atoms. The van der Waals surface area contributed by atoms with Gasteiger partial charge in [0.05, 0.1) is 6.61 Å². The highest BCUT2D eigenvalue weighted by molar-refractivity contribution is 7.47. The summed E-state index contributed by atoms with van der Waals surface area (Å²) in [5, 5.41) is 0. The standard InChI is InChI=1S/C18H19O6P/c1-14(2)18(19)23-16-10-6-7-11-17(16)24-25(20,21)22-13-12-15-8-4-3-5-9-15/h3-11H,1,12-13H2,2H3,(H,20,21). The molecule has 1 N–H and O–H groups in total. The number of phosphoric acid groups is 1. The van der Waals surface area contributed by atoms with E-state index in [1.807, 2.05) is 30.3 Å². The summed E-state index contributed by atoms with van der Waals surface area (Å²) in [6.45, 7) is 4.98. The van der Waals surface area contributed by atoms with Crippen LogP contribution in [0.3, 0.4) is 0 Å². The van der Waals surface area contributed by atoms with Crippen molar-refractivity contribution in [2.24, 2.45) is 0 Å². The minimum absolute atomic E-state index is 0.00547. The largest absolute Gasteiger partial charge is 0.527 e. The molecule has 1 unspecified atom stereocenters. The lowest BCUT2D eigenvalue weighted by Gasteiger charge is -2.15. The summed E-state index contributed by atoms with van der Waals surface area (Å²) in [5.41, 5.74) is 1.17. The van der Waals surface area contributed by atoms with Crippen molar-refractivity contribution >= 4 is 13.8 Å². The van der Waals surface area contributed by atoms with Crippen LogP contribution in [-0.2, 0) is 20.3 Å². The third-order valence-electron chi connectivity index (χ3n) is 3.10. The number of benzene rings is 2. The molecule has 0 aliphatic carbocycles. The number of ether oxygens (including phenoxy) is 1. The second-order valence-electron chi connectivity index (χ2n) is 5.25. The molecule has 0 aliphatic rings. The predicted molar refractivity (Wildman–Crippen MR) is 93.4 cm³/mol. The third-order valence-corrected chi connectivity index (χ3v) is 4.04. The van der Waals surface area contributed by atoms with Crippen molar-refractivity contribution in [2.75, 3.05) is 6.61 Å². The van der Waals surface area contributed by atoms with Crippen molar-refractivity contribution in [3.63, 3.8) is 0 Å². The lowest BCUT2D eigenvalue weighted by molar-refractivity contribution is -0.130. The first-order chi connectivity index (χ1) is 11.9. The molecule has 6 nitrogen and oxygen atoms in total. The van der Waals surface area contributed by atoms with E-state index in [4.69, 9.17) is 13.8 Å². The van der Waals surface area contributed by atoms with Crippen LogP contribution in [0.5, 0.6) is 11.5 Å². The van der Waals surface area contributed by atoms with Crippen molar-refractivity contribution in [1.82, 2.24) is 0 Å². The van der Waals surface area contributed by atoms with Crippen LogP contribution in [0, 0.1) is 0 Å². The minimum atomic E-state index is -4.36. The summed E-state index contributed by atoms with van der Waals surface area (Å²) in [7, 11) is -4.36. The van der Waals surface area contributed by atoms with Crippen molar-refractivity contribution < 1.29 is 28.0 Å². The monoisotopic (exact) mass is 362 g/mol. The average molecular weight is 362 g/mol. The highest BCUT2D eigenvalue weighted by Gasteiger charge is 2.25. The Bertz CT molecular complexity index is 787. The lowest BCUT2D eigenvalue weighted by atomic mass is 10.2. The van der Waals surface area contributed by atoms with E-state index in [1.165, 1.54) is 19.1 Å². The number of carbonyl (C=O) groups excluding carboxylic acids is 1. The van der Waals surface area contributed by atoms with Crippen molar-refractivity contribution in [1.29, 1.82) is 0 Å². The smallest absolute Gasteiger partial charge is 0.419 e. The molecule has 0 aliphatic heterocycles. The Balaban J connectivity index is 1.98. The summed E-state index contributed by atoms with van der Waals surface area (Å²) in [5.74, 6) is -0.715. The number of esters is 1. The minimum Gasteiger partial charge on any atom is -0.419 e. The fourth-order valence-corrected chi connectivity index (χ4v) is 2.65. The number of phosphoric ester groups is 1. The Morgan fingerprint density at radius 3 is 2.32 bits per heavy atom. The fourth-order valence-electron chi connectivity index (χ4n) is 1.87. The molecular formula is C18H19O6P. The summed E-state index contributed by atoms with van der Waals surface area (Å²) in [6.07, 6.45) is 0.459. The molecule has 0 heterocycles. The first kappa shape index (κ1) is 18.9. The third kappa shape index (κ3) is 6.19. The van der Waals surface area contributed by atoms with Gasteiger partial charge in [0.2, 0.25) is 0 Å². The van der Waals surface area contributed by atoms with E-state index in [9.17, 15) is 14.3 Å². The number of rotatable bonds is 8. The first-order valence-corrected chi connectivity index (χ1v) is 9.04. The second-order valence-corrected chi connectivity index (χ2v) is 6.62. The zero-order valence-corrected chi connectivity index (χ0v) is 14.6. The van der Waals surface area contributed by atoms with Gasteiger partial charge in [-0.25, -0.2) is 9.36 Å². The normalized spacial score (nSPS) is 12.9. The molecule has 2 aromatic carbocycles. The molecule has 0 fully saturated rings. The van der Waals surface area contributed by atoms with Gasteiger partial charge in [-0.2, -0.15) is 0 Å². The van der Waals surface area contributed by atoms with E-state index in [0.29, 0.717) is 6.42 Å². The van der Waals surface area contributed by atoms with E-state index in [1.54, 1.807) is 12.1 Å². The molecule has 25 heavy (non-hydrogen) atoms. The average Bonchev–Trinajstić information content (AvgIpc) is 2.57. The Hall–Kier alpha value is -2.40. The van der Waals surface area contributed by atoms with Crippen molar-refractivity contribution in [2.45, 2.75) is 13.3 Å². The Morgan fingerprint density at radius 2 is 1.68 bits per heavy atom. The van der Waals surface area contributed by atoms with Gasteiger partial charge in [0.15, 0.2) is 11.5 Å².